The molecule has 4 heteroatoms. The molecule has 0 spiro atoms. The first-order valence-corrected chi connectivity index (χ1v) is 7.65. The van der Waals surface area contributed by atoms with E-state index >= 15 is 0 Å². The number of H-pyrrole nitrogens is 1. The number of nitrogens with zero attached hydrogens (tertiary/aromatic N) is 2. The summed E-state index contributed by atoms with van der Waals surface area (Å²) in [5, 5.41) is 1.15. The molecule has 4 rings (SSSR count). The lowest BCUT2D eigenvalue weighted by molar-refractivity contribution is 0.0787. The van der Waals surface area contributed by atoms with Crippen molar-refractivity contribution in [1.29, 1.82) is 0 Å². The number of hydrogen-bond acceptors (Lipinski definition) is 2. The number of hydrogen-bond donors (Lipinski definition) is 1. The maximum Gasteiger partial charge on any atom is 0.272 e. The zero-order chi connectivity index (χ0) is 14.9. The van der Waals surface area contributed by atoms with E-state index in [1.54, 1.807) is 6.07 Å². The first-order valence-electron chi connectivity index (χ1n) is 7.65. The van der Waals surface area contributed by atoms with Crippen LogP contribution in [0.5, 0.6) is 0 Å². The maximum atomic E-state index is 12.5. The molecule has 1 aromatic carbocycles. The smallest absolute Gasteiger partial charge is 0.272 e. The monoisotopic (exact) mass is 291 g/mol. The lowest BCUT2D eigenvalue weighted by atomic mass is 10.1. The van der Waals surface area contributed by atoms with Gasteiger partial charge in [-0.05, 0) is 43.2 Å². The van der Waals surface area contributed by atoms with Crippen molar-refractivity contribution in [3.63, 3.8) is 0 Å². The zero-order valence-corrected chi connectivity index (χ0v) is 12.2. The Morgan fingerprint density at radius 1 is 1.09 bits per heavy atom. The Morgan fingerprint density at radius 2 is 1.95 bits per heavy atom. The van der Waals surface area contributed by atoms with Crippen molar-refractivity contribution in [2.24, 2.45) is 0 Å². The molecule has 1 aliphatic rings. The molecule has 110 valence electrons. The number of carbonyl (C=O) groups excluding carboxylic acids is 1. The summed E-state index contributed by atoms with van der Waals surface area (Å²) in [5.41, 5.74) is 3.51. The lowest BCUT2D eigenvalue weighted by Crippen LogP contribution is -2.28. The van der Waals surface area contributed by atoms with Gasteiger partial charge in [-0.2, -0.15) is 0 Å². The summed E-state index contributed by atoms with van der Waals surface area (Å²) in [7, 11) is 0. The second kappa shape index (κ2) is 5.30. The molecule has 1 aliphatic heterocycles. The van der Waals surface area contributed by atoms with E-state index in [-0.39, 0.29) is 5.91 Å². The van der Waals surface area contributed by atoms with Crippen LogP contribution in [0.4, 0.5) is 0 Å². The molecule has 1 N–H and O–H groups in total. The van der Waals surface area contributed by atoms with E-state index in [4.69, 9.17) is 0 Å². The van der Waals surface area contributed by atoms with Crippen molar-refractivity contribution in [3.8, 4) is 11.3 Å². The Labute approximate surface area is 128 Å². The van der Waals surface area contributed by atoms with Crippen molar-refractivity contribution in [2.75, 3.05) is 13.1 Å². The maximum absolute atomic E-state index is 12.5. The minimum absolute atomic E-state index is 0.0436. The Balaban J connectivity index is 1.69. The average molecular weight is 291 g/mol. The van der Waals surface area contributed by atoms with Crippen molar-refractivity contribution in [3.05, 3.63) is 54.4 Å². The molecule has 4 nitrogen and oxygen atoms in total. The predicted molar refractivity (Wildman–Crippen MR) is 86.7 cm³/mol. The fraction of sp³-hybridized carbons (Fsp3) is 0.222. The third kappa shape index (κ3) is 2.26. The Bertz CT molecular complexity index is 831. The molecule has 1 saturated heterocycles. The Kier molecular flexibility index (Phi) is 3.15. The van der Waals surface area contributed by atoms with E-state index < -0.39 is 0 Å². The number of benzene rings is 1. The number of fused-ring (bicyclic) bond motifs is 1. The number of nitrogens with one attached hydrogen (secondary N) is 1. The van der Waals surface area contributed by atoms with Gasteiger partial charge in [0, 0.05) is 35.8 Å². The summed E-state index contributed by atoms with van der Waals surface area (Å²) < 4.78 is 0. The van der Waals surface area contributed by atoms with Crippen molar-refractivity contribution >= 4 is 16.8 Å². The molecule has 0 saturated carbocycles. The van der Waals surface area contributed by atoms with Crippen LogP contribution in [0.1, 0.15) is 23.3 Å². The van der Waals surface area contributed by atoms with Crippen LogP contribution < -0.4 is 0 Å². The molecule has 0 unspecified atom stereocenters. The van der Waals surface area contributed by atoms with Crippen LogP contribution in [0.3, 0.4) is 0 Å². The fourth-order valence-electron chi connectivity index (χ4n) is 3.01. The second-order valence-electron chi connectivity index (χ2n) is 5.69. The minimum Gasteiger partial charge on any atom is -0.361 e. The predicted octanol–water partition coefficient (Wildman–Crippen LogP) is 3.47. The third-order valence-electron chi connectivity index (χ3n) is 4.21. The van der Waals surface area contributed by atoms with Gasteiger partial charge < -0.3 is 9.88 Å². The number of likely N-dealkylation sites (tertiary alicyclic amines) is 1. The second-order valence-corrected chi connectivity index (χ2v) is 5.69. The summed E-state index contributed by atoms with van der Waals surface area (Å²) in [5.74, 6) is 0.0436. The number of pyridine rings is 1. The quantitative estimate of drug-likeness (QED) is 0.786. The van der Waals surface area contributed by atoms with E-state index in [0.29, 0.717) is 5.69 Å². The molecule has 22 heavy (non-hydrogen) atoms. The normalized spacial score (nSPS) is 14.6. The first-order chi connectivity index (χ1) is 10.8. The third-order valence-corrected chi connectivity index (χ3v) is 4.21. The van der Waals surface area contributed by atoms with Crippen molar-refractivity contribution < 1.29 is 4.79 Å². The van der Waals surface area contributed by atoms with Gasteiger partial charge in [0.15, 0.2) is 0 Å². The first kappa shape index (κ1) is 13.1. The van der Waals surface area contributed by atoms with Crippen molar-refractivity contribution in [1.82, 2.24) is 14.9 Å². The lowest BCUT2D eigenvalue weighted by Gasteiger charge is -2.14. The van der Waals surface area contributed by atoms with E-state index in [9.17, 15) is 4.79 Å². The number of rotatable bonds is 2. The van der Waals surface area contributed by atoms with E-state index in [1.165, 1.54) is 0 Å². The molecule has 1 amide bonds. The molecule has 3 heterocycles. The number of aromatic amines is 1. The highest BCUT2D eigenvalue weighted by Crippen LogP contribution is 2.23. The van der Waals surface area contributed by atoms with Gasteiger partial charge >= 0.3 is 0 Å². The van der Waals surface area contributed by atoms with E-state index in [0.717, 1.165) is 48.1 Å². The summed E-state index contributed by atoms with van der Waals surface area (Å²) >= 11 is 0. The van der Waals surface area contributed by atoms with Crippen LogP contribution in [0, 0.1) is 0 Å². The Morgan fingerprint density at radius 3 is 2.82 bits per heavy atom. The Hall–Kier alpha value is -2.62. The van der Waals surface area contributed by atoms with Gasteiger partial charge in [0.1, 0.15) is 5.69 Å². The molecule has 0 bridgehead atoms. The molecule has 0 radical (unpaired) electrons. The average Bonchev–Trinajstić information content (AvgIpc) is 3.25. The molecule has 2 aromatic heterocycles. The molecule has 0 atom stereocenters. The van der Waals surface area contributed by atoms with E-state index in [1.807, 2.05) is 41.4 Å². The minimum atomic E-state index is 0.0436. The van der Waals surface area contributed by atoms with Crippen LogP contribution in [0.2, 0.25) is 0 Å². The standard InChI is InChI=1S/C18H17N3O/c22-18(21-10-1-2-11-21)17-5-3-4-16(20-17)13-6-7-15-14(12-13)8-9-19-15/h3-9,12,19H,1-2,10-11H2. The van der Waals surface area contributed by atoms with Crippen LogP contribution in [-0.4, -0.2) is 33.9 Å². The fourth-order valence-corrected chi connectivity index (χ4v) is 3.01. The molecule has 3 aromatic rings. The summed E-state index contributed by atoms with van der Waals surface area (Å²) in [6.45, 7) is 1.69. The molecular formula is C18H17N3O. The molecule has 0 aliphatic carbocycles. The van der Waals surface area contributed by atoms with Crippen LogP contribution >= 0.6 is 0 Å². The summed E-state index contributed by atoms with van der Waals surface area (Å²) in [6, 6.07) is 13.9. The van der Waals surface area contributed by atoms with Gasteiger partial charge in [-0.3, -0.25) is 4.79 Å². The molecular weight excluding hydrogens is 274 g/mol. The largest absolute Gasteiger partial charge is 0.361 e. The highest BCUT2D eigenvalue weighted by molar-refractivity contribution is 5.93. The number of amides is 1. The van der Waals surface area contributed by atoms with Gasteiger partial charge in [-0.1, -0.05) is 12.1 Å². The van der Waals surface area contributed by atoms with Crippen molar-refractivity contribution in [2.45, 2.75) is 12.8 Å². The van der Waals surface area contributed by atoms with Crippen LogP contribution in [-0.2, 0) is 0 Å². The van der Waals surface area contributed by atoms with Gasteiger partial charge in [0.05, 0.1) is 5.69 Å². The number of aromatic nitrogens is 2. The number of carbonyl (C=O) groups is 1. The topological polar surface area (TPSA) is 49.0 Å². The van der Waals surface area contributed by atoms with Gasteiger partial charge in [0.2, 0.25) is 0 Å². The SMILES string of the molecule is O=C(c1cccc(-c2ccc3[nH]ccc3c2)n1)N1CCCC1. The highest BCUT2D eigenvalue weighted by atomic mass is 16.2. The van der Waals surface area contributed by atoms with E-state index in [2.05, 4.69) is 16.0 Å². The van der Waals surface area contributed by atoms with Gasteiger partial charge in [-0.15, -0.1) is 0 Å². The highest BCUT2D eigenvalue weighted by Gasteiger charge is 2.20. The van der Waals surface area contributed by atoms with Gasteiger partial charge in [0.25, 0.3) is 5.91 Å². The van der Waals surface area contributed by atoms with Crippen LogP contribution in [0.15, 0.2) is 48.7 Å². The summed E-state index contributed by atoms with van der Waals surface area (Å²) in [6.07, 6.45) is 4.11. The van der Waals surface area contributed by atoms with Gasteiger partial charge in [-0.25, -0.2) is 4.98 Å². The van der Waals surface area contributed by atoms with Crippen LogP contribution in [0.25, 0.3) is 22.2 Å². The molecule has 1 fully saturated rings. The summed E-state index contributed by atoms with van der Waals surface area (Å²) in [4.78, 5) is 22.1. The zero-order valence-electron chi connectivity index (χ0n) is 12.2.